The van der Waals surface area contributed by atoms with Gasteiger partial charge in [-0.3, -0.25) is 0 Å². The van der Waals surface area contributed by atoms with Crippen LogP contribution in [0.2, 0.25) is 0 Å². The largest absolute Gasteiger partial charge is 0.490 e. The zero-order chi connectivity index (χ0) is 13.2. The van der Waals surface area contributed by atoms with Crippen molar-refractivity contribution in [2.45, 2.75) is 51.0 Å². The first-order valence-electron chi connectivity index (χ1n) is 6.65. The fraction of sp³-hybridized carbons (Fsp3) is 0.600. The minimum atomic E-state index is -0.610. The van der Waals surface area contributed by atoms with Crippen LogP contribution in [0, 0.1) is 0 Å². The van der Waals surface area contributed by atoms with Gasteiger partial charge in [-0.25, -0.2) is 0 Å². The van der Waals surface area contributed by atoms with E-state index in [0.717, 1.165) is 35.9 Å². The van der Waals surface area contributed by atoms with Crippen molar-refractivity contribution >= 4 is 15.9 Å². The molecule has 1 aliphatic rings. The molecular weight excluding hydrogens is 292 g/mol. The van der Waals surface area contributed by atoms with Crippen molar-refractivity contribution in [3.05, 3.63) is 28.2 Å². The lowest BCUT2D eigenvalue weighted by Crippen LogP contribution is -2.32. The molecule has 0 aromatic heterocycles. The summed E-state index contributed by atoms with van der Waals surface area (Å²) in [5.41, 5.74) is 0.576. The summed E-state index contributed by atoms with van der Waals surface area (Å²) in [5.74, 6) is 1.31. The number of hydrogen-bond acceptors (Lipinski definition) is 2. The van der Waals surface area contributed by atoms with Gasteiger partial charge in [-0.1, -0.05) is 42.6 Å². The molecule has 0 radical (unpaired) electrons. The number of halogens is 1. The average molecular weight is 313 g/mol. The van der Waals surface area contributed by atoms with E-state index in [-0.39, 0.29) is 0 Å². The van der Waals surface area contributed by atoms with E-state index in [9.17, 15) is 5.11 Å². The molecule has 1 aromatic carbocycles. The minimum absolute atomic E-state index is 0.411. The van der Waals surface area contributed by atoms with Crippen molar-refractivity contribution in [1.29, 1.82) is 0 Å². The first-order chi connectivity index (χ1) is 8.50. The quantitative estimate of drug-likeness (QED) is 0.900. The molecule has 2 nitrogen and oxygen atoms in total. The maximum atomic E-state index is 10.3. The van der Waals surface area contributed by atoms with Crippen molar-refractivity contribution in [3.8, 4) is 5.75 Å². The summed E-state index contributed by atoms with van der Waals surface area (Å²) in [5, 5.41) is 10.3. The van der Waals surface area contributed by atoms with Gasteiger partial charge in [0.25, 0.3) is 0 Å². The molecule has 1 saturated carbocycles. The molecule has 1 aromatic rings. The van der Waals surface area contributed by atoms with E-state index in [1.807, 2.05) is 12.1 Å². The van der Waals surface area contributed by atoms with E-state index in [0.29, 0.717) is 12.5 Å². The molecule has 0 bridgehead atoms. The van der Waals surface area contributed by atoms with Gasteiger partial charge in [0, 0.05) is 4.47 Å². The molecule has 0 spiro atoms. The SMILES string of the molecule is CC(C)c1cc(Br)ccc1OCC1(O)CCCC1. The maximum absolute atomic E-state index is 10.3. The summed E-state index contributed by atoms with van der Waals surface area (Å²) >= 11 is 3.49. The lowest BCUT2D eigenvalue weighted by atomic mass is 10.0. The Morgan fingerprint density at radius 2 is 2.00 bits per heavy atom. The van der Waals surface area contributed by atoms with Gasteiger partial charge in [0.2, 0.25) is 0 Å². The highest BCUT2D eigenvalue weighted by atomic mass is 79.9. The normalized spacial score (nSPS) is 18.3. The van der Waals surface area contributed by atoms with Gasteiger partial charge < -0.3 is 9.84 Å². The molecule has 3 heteroatoms. The number of ether oxygens (including phenoxy) is 1. The molecule has 1 N–H and O–H groups in total. The molecule has 0 atom stereocenters. The van der Waals surface area contributed by atoms with Crippen LogP contribution in [-0.4, -0.2) is 17.3 Å². The fourth-order valence-electron chi connectivity index (χ4n) is 2.49. The van der Waals surface area contributed by atoms with Crippen molar-refractivity contribution in [3.63, 3.8) is 0 Å². The van der Waals surface area contributed by atoms with E-state index in [2.05, 4.69) is 35.8 Å². The Bertz CT molecular complexity index is 409. The lowest BCUT2D eigenvalue weighted by Gasteiger charge is -2.24. The van der Waals surface area contributed by atoms with Gasteiger partial charge >= 0.3 is 0 Å². The standard InChI is InChI=1S/C15H21BrO2/c1-11(2)13-9-12(16)5-6-14(13)18-10-15(17)7-3-4-8-15/h5-6,9,11,17H,3-4,7-8,10H2,1-2H3. The Labute approximate surface area is 117 Å². The Morgan fingerprint density at radius 3 is 2.61 bits per heavy atom. The first-order valence-corrected chi connectivity index (χ1v) is 7.44. The van der Waals surface area contributed by atoms with Gasteiger partial charge in [-0.2, -0.15) is 0 Å². The predicted molar refractivity (Wildman–Crippen MR) is 77.1 cm³/mol. The summed E-state index contributed by atoms with van der Waals surface area (Å²) < 4.78 is 6.94. The molecule has 0 saturated heterocycles. The highest BCUT2D eigenvalue weighted by molar-refractivity contribution is 9.10. The van der Waals surface area contributed by atoms with Crippen molar-refractivity contribution in [1.82, 2.24) is 0 Å². The summed E-state index contributed by atoms with van der Waals surface area (Å²) in [6, 6.07) is 6.07. The zero-order valence-corrected chi connectivity index (χ0v) is 12.7. The second-order valence-electron chi connectivity index (χ2n) is 5.56. The number of benzene rings is 1. The van der Waals surface area contributed by atoms with E-state index in [4.69, 9.17) is 4.74 Å². The van der Waals surface area contributed by atoms with Gasteiger partial charge in [0.05, 0.1) is 5.60 Å². The highest BCUT2D eigenvalue weighted by Crippen LogP contribution is 2.33. The van der Waals surface area contributed by atoms with Crippen LogP contribution in [0.15, 0.2) is 22.7 Å². The zero-order valence-electron chi connectivity index (χ0n) is 11.1. The smallest absolute Gasteiger partial charge is 0.122 e. The van der Waals surface area contributed by atoms with Crippen molar-refractivity contribution in [2.24, 2.45) is 0 Å². The Morgan fingerprint density at radius 1 is 1.33 bits per heavy atom. The van der Waals surface area contributed by atoms with E-state index < -0.39 is 5.60 Å². The highest BCUT2D eigenvalue weighted by Gasteiger charge is 2.32. The second-order valence-corrected chi connectivity index (χ2v) is 6.47. The number of rotatable bonds is 4. The average Bonchev–Trinajstić information content (AvgIpc) is 2.75. The molecular formula is C15H21BrO2. The van der Waals surface area contributed by atoms with Gasteiger partial charge in [-0.05, 0) is 42.5 Å². The Hall–Kier alpha value is -0.540. The summed E-state index contributed by atoms with van der Waals surface area (Å²) in [6.45, 7) is 4.71. The number of aliphatic hydroxyl groups is 1. The molecule has 1 fully saturated rings. The molecule has 0 amide bonds. The third-order valence-corrected chi connectivity index (χ3v) is 4.12. The van der Waals surface area contributed by atoms with Gasteiger partial charge in [0.15, 0.2) is 0 Å². The molecule has 18 heavy (non-hydrogen) atoms. The van der Waals surface area contributed by atoms with E-state index in [1.54, 1.807) is 0 Å². The summed E-state index contributed by atoms with van der Waals surface area (Å²) in [6.07, 6.45) is 3.94. The first kappa shape index (κ1) is 13.9. The molecule has 0 aliphatic heterocycles. The molecule has 2 rings (SSSR count). The number of hydrogen-bond donors (Lipinski definition) is 1. The van der Waals surface area contributed by atoms with Gasteiger partial charge in [-0.15, -0.1) is 0 Å². The van der Waals surface area contributed by atoms with Crippen molar-refractivity contribution < 1.29 is 9.84 Å². The van der Waals surface area contributed by atoms with Crippen molar-refractivity contribution in [2.75, 3.05) is 6.61 Å². The monoisotopic (exact) mass is 312 g/mol. The van der Waals surface area contributed by atoms with Crippen LogP contribution in [0.3, 0.4) is 0 Å². The molecule has 0 heterocycles. The Kier molecular flexibility index (Phi) is 4.33. The third-order valence-electron chi connectivity index (χ3n) is 3.62. The van der Waals surface area contributed by atoms with E-state index in [1.165, 1.54) is 5.56 Å². The minimum Gasteiger partial charge on any atom is -0.490 e. The lowest BCUT2D eigenvalue weighted by molar-refractivity contribution is 0.00107. The van der Waals surface area contributed by atoms with Crippen LogP contribution >= 0.6 is 15.9 Å². The second kappa shape index (κ2) is 5.62. The van der Waals surface area contributed by atoms with Crippen LogP contribution in [-0.2, 0) is 0 Å². The molecule has 100 valence electrons. The van der Waals surface area contributed by atoms with Crippen LogP contribution < -0.4 is 4.74 Å². The summed E-state index contributed by atoms with van der Waals surface area (Å²) in [4.78, 5) is 0. The summed E-state index contributed by atoms with van der Waals surface area (Å²) in [7, 11) is 0. The van der Waals surface area contributed by atoms with Crippen LogP contribution in [0.1, 0.15) is 51.0 Å². The third kappa shape index (κ3) is 3.27. The Balaban J connectivity index is 2.09. The molecule has 1 aliphatic carbocycles. The maximum Gasteiger partial charge on any atom is 0.122 e. The topological polar surface area (TPSA) is 29.5 Å². The fourth-order valence-corrected chi connectivity index (χ4v) is 2.87. The van der Waals surface area contributed by atoms with Gasteiger partial charge in [0.1, 0.15) is 12.4 Å². The molecule has 0 unspecified atom stereocenters. The van der Waals surface area contributed by atoms with Crippen LogP contribution in [0.4, 0.5) is 0 Å². The predicted octanol–water partition coefficient (Wildman–Crippen LogP) is 4.26. The van der Waals surface area contributed by atoms with Crippen LogP contribution in [0.25, 0.3) is 0 Å². The van der Waals surface area contributed by atoms with E-state index >= 15 is 0 Å². The van der Waals surface area contributed by atoms with Crippen LogP contribution in [0.5, 0.6) is 5.75 Å².